The predicted octanol–water partition coefficient (Wildman–Crippen LogP) is 3.16. The molecule has 0 aliphatic carbocycles. The highest BCUT2D eigenvalue weighted by Gasteiger charge is 2.33. The molecule has 168 valence electrons. The van der Waals surface area contributed by atoms with Gasteiger partial charge in [0.15, 0.2) is 4.80 Å². The lowest BCUT2D eigenvalue weighted by atomic mass is 9.99. The van der Waals surface area contributed by atoms with E-state index in [0.717, 1.165) is 5.52 Å². The number of benzene rings is 2. The Bertz CT molecular complexity index is 1350. The maximum atomic E-state index is 13.0. The van der Waals surface area contributed by atoms with Crippen LogP contribution in [-0.2, 0) is 21.4 Å². The fourth-order valence-electron chi connectivity index (χ4n) is 3.86. The maximum absolute atomic E-state index is 13.0. The molecule has 0 bridgehead atoms. The lowest BCUT2D eigenvalue weighted by Crippen LogP contribution is -2.42. The molecule has 0 N–H and O–H groups in total. The van der Waals surface area contributed by atoms with Crippen LogP contribution in [0.4, 0.5) is 5.69 Å². The second-order valence-electron chi connectivity index (χ2n) is 7.50. The molecule has 11 heteroatoms. The van der Waals surface area contributed by atoms with Crippen LogP contribution in [0.5, 0.6) is 0 Å². The molecular weight excluding hydrogens is 452 g/mol. The van der Waals surface area contributed by atoms with Gasteiger partial charge in [-0.1, -0.05) is 29.5 Å². The molecule has 32 heavy (non-hydrogen) atoms. The van der Waals surface area contributed by atoms with E-state index in [-0.39, 0.29) is 23.0 Å². The molecule has 1 saturated heterocycles. The summed E-state index contributed by atoms with van der Waals surface area (Å²) < 4.78 is 29.8. The second-order valence-corrected chi connectivity index (χ2v) is 10.5. The fourth-order valence-corrected chi connectivity index (χ4v) is 6.53. The van der Waals surface area contributed by atoms with Crippen LogP contribution in [0.15, 0.2) is 58.4 Å². The molecule has 1 unspecified atom stereocenters. The van der Waals surface area contributed by atoms with Crippen molar-refractivity contribution in [1.29, 1.82) is 0 Å². The van der Waals surface area contributed by atoms with Crippen molar-refractivity contribution in [3.05, 3.63) is 63.4 Å². The Morgan fingerprint density at radius 1 is 1.25 bits per heavy atom. The number of carbonyl (C=O) groups excluding carboxylic acids is 1. The molecule has 1 aromatic heterocycles. The third-order valence-electron chi connectivity index (χ3n) is 5.51. The van der Waals surface area contributed by atoms with Gasteiger partial charge in [0.2, 0.25) is 10.0 Å². The van der Waals surface area contributed by atoms with Gasteiger partial charge in [-0.05, 0) is 38.0 Å². The van der Waals surface area contributed by atoms with Gasteiger partial charge in [0.25, 0.3) is 11.6 Å². The van der Waals surface area contributed by atoms with Crippen molar-refractivity contribution in [2.24, 2.45) is 10.9 Å². The minimum absolute atomic E-state index is 0.0195. The number of amides is 1. The van der Waals surface area contributed by atoms with E-state index in [1.165, 1.54) is 27.8 Å². The third kappa shape index (κ3) is 4.23. The molecule has 1 atom stereocenters. The Hall–Kier alpha value is -2.89. The summed E-state index contributed by atoms with van der Waals surface area (Å²) in [6.45, 7) is 2.90. The number of aromatic nitrogens is 1. The van der Waals surface area contributed by atoms with E-state index in [4.69, 9.17) is 0 Å². The van der Waals surface area contributed by atoms with Crippen molar-refractivity contribution < 1.29 is 18.1 Å². The number of hydrogen-bond acceptors (Lipinski definition) is 6. The van der Waals surface area contributed by atoms with Crippen molar-refractivity contribution in [2.45, 2.75) is 31.2 Å². The van der Waals surface area contributed by atoms with Gasteiger partial charge < -0.3 is 4.57 Å². The summed E-state index contributed by atoms with van der Waals surface area (Å²) >= 11 is 1.21. The van der Waals surface area contributed by atoms with Gasteiger partial charge in [0.05, 0.1) is 26.0 Å². The number of carbonyl (C=O) groups is 1. The zero-order chi connectivity index (χ0) is 22.9. The van der Waals surface area contributed by atoms with Gasteiger partial charge >= 0.3 is 0 Å². The molecule has 0 radical (unpaired) electrons. The monoisotopic (exact) mass is 474 g/mol. The van der Waals surface area contributed by atoms with Crippen LogP contribution >= 0.6 is 11.3 Å². The summed E-state index contributed by atoms with van der Waals surface area (Å²) in [6.07, 6.45) is 1.13. The summed E-state index contributed by atoms with van der Waals surface area (Å²) in [5.41, 5.74) is 0.750. The molecule has 1 amide bonds. The molecule has 1 aliphatic rings. The fraction of sp³-hybridized carbons (Fsp3) is 0.333. The van der Waals surface area contributed by atoms with Gasteiger partial charge in [-0.15, -0.1) is 0 Å². The lowest BCUT2D eigenvalue weighted by molar-refractivity contribution is -0.384. The van der Waals surface area contributed by atoms with Crippen molar-refractivity contribution >= 4 is 43.2 Å². The Morgan fingerprint density at radius 3 is 2.69 bits per heavy atom. The number of rotatable bonds is 5. The first kappa shape index (κ1) is 22.3. The van der Waals surface area contributed by atoms with Crippen LogP contribution in [0.1, 0.15) is 19.8 Å². The number of nitrogens with zero attached hydrogens (tertiary/aromatic N) is 4. The molecule has 2 heterocycles. The number of nitro groups is 1. The van der Waals surface area contributed by atoms with Crippen LogP contribution in [-0.4, -0.2) is 41.2 Å². The van der Waals surface area contributed by atoms with E-state index in [1.807, 2.05) is 11.5 Å². The molecule has 1 fully saturated rings. The number of sulfonamides is 1. The highest BCUT2D eigenvalue weighted by Crippen LogP contribution is 2.26. The van der Waals surface area contributed by atoms with Crippen LogP contribution in [0, 0.1) is 16.0 Å². The van der Waals surface area contributed by atoms with Crippen LogP contribution in [0.25, 0.3) is 10.2 Å². The Labute approximate surface area is 188 Å². The third-order valence-corrected chi connectivity index (χ3v) is 8.43. The second kappa shape index (κ2) is 8.93. The Balaban J connectivity index is 1.63. The SMILES string of the molecule is CCn1c(=NC(=O)C2CCCN(S(=O)(=O)c3ccccc3)C2)sc2cc([N+](=O)[O-])ccc21. The normalized spacial score (nSPS) is 18.2. The van der Waals surface area contributed by atoms with Gasteiger partial charge in [-0.3, -0.25) is 14.9 Å². The minimum atomic E-state index is -3.67. The standard InChI is InChI=1S/C21H22N4O5S2/c1-2-24-18-11-10-16(25(27)28)13-19(18)31-21(24)22-20(26)15-7-6-12-23(14-15)32(29,30)17-8-4-3-5-9-17/h3-5,8-11,13,15H,2,6-7,12,14H2,1H3. The van der Waals surface area contributed by atoms with Crippen LogP contribution in [0.3, 0.4) is 0 Å². The van der Waals surface area contributed by atoms with Crippen molar-refractivity contribution in [1.82, 2.24) is 8.87 Å². The average molecular weight is 475 g/mol. The smallest absolute Gasteiger partial charge is 0.270 e. The van der Waals surface area contributed by atoms with Crippen LogP contribution < -0.4 is 4.80 Å². The van der Waals surface area contributed by atoms with Gasteiger partial charge in [0.1, 0.15) is 0 Å². The number of aryl methyl sites for hydroxylation is 1. The molecule has 4 rings (SSSR count). The first-order valence-corrected chi connectivity index (χ1v) is 12.5. The van der Waals surface area contributed by atoms with Crippen molar-refractivity contribution in [3.8, 4) is 0 Å². The van der Waals surface area contributed by atoms with Gasteiger partial charge in [0, 0.05) is 31.8 Å². The number of hydrogen-bond donors (Lipinski definition) is 0. The zero-order valence-electron chi connectivity index (χ0n) is 17.4. The van der Waals surface area contributed by atoms with E-state index < -0.39 is 20.9 Å². The summed E-state index contributed by atoms with van der Waals surface area (Å²) in [6, 6.07) is 12.8. The van der Waals surface area contributed by atoms with Crippen LogP contribution in [0.2, 0.25) is 0 Å². The Morgan fingerprint density at radius 2 is 2.00 bits per heavy atom. The predicted molar refractivity (Wildman–Crippen MR) is 121 cm³/mol. The van der Waals surface area contributed by atoms with E-state index >= 15 is 0 Å². The number of nitro benzene ring substituents is 1. The summed E-state index contributed by atoms with van der Waals surface area (Å²) in [7, 11) is -3.67. The lowest BCUT2D eigenvalue weighted by Gasteiger charge is -2.30. The quantitative estimate of drug-likeness (QED) is 0.416. The highest BCUT2D eigenvalue weighted by molar-refractivity contribution is 7.89. The zero-order valence-corrected chi connectivity index (χ0v) is 19.0. The molecule has 0 saturated carbocycles. The maximum Gasteiger partial charge on any atom is 0.270 e. The van der Waals surface area contributed by atoms with Crippen molar-refractivity contribution in [2.75, 3.05) is 13.1 Å². The van der Waals surface area contributed by atoms with Gasteiger partial charge in [-0.25, -0.2) is 8.42 Å². The molecular formula is C21H22N4O5S2. The summed E-state index contributed by atoms with van der Waals surface area (Å²) in [5, 5.41) is 11.1. The molecule has 3 aromatic rings. The first-order valence-electron chi connectivity index (χ1n) is 10.2. The number of piperidine rings is 1. The molecule has 1 aliphatic heterocycles. The molecule has 0 spiro atoms. The number of non-ortho nitro benzene ring substituents is 1. The Kier molecular flexibility index (Phi) is 6.22. The first-order chi connectivity index (χ1) is 15.3. The molecule has 9 nitrogen and oxygen atoms in total. The topological polar surface area (TPSA) is 115 Å². The van der Waals surface area contributed by atoms with Crippen molar-refractivity contribution in [3.63, 3.8) is 0 Å². The summed E-state index contributed by atoms with van der Waals surface area (Å²) in [5.74, 6) is -0.909. The minimum Gasteiger partial charge on any atom is -0.317 e. The highest BCUT2D eigenvalue weighted by atomic mass is 32.2. The largest absolute Gasteiger partial charge is 0.317 e. The van der Waals surface area contributed by atoms with E-state index in [0.29, 0.717) is 35.4 Å². The number of thiazole rings is 1. The van der Waals surface area contributed by atoms with E-state index in [9.17, 15) is 23.3 Å². The average Bonchev–Trinajstić information content (AvgIpc) is 3.15. The van der Waals surface area contributed by atoms with E-state index in [1.54, 1.807) is 36.4 Å². The number of fused-ring (bicyclic) bond motifs is 1. The van der Waals surface area contributed by atoms with E-state index in [2.05, 4.69) is 4.99 Å². The summed E-state index contributed by atoms with van der Waals surface area (Å²) in [4.78, 5) is 28.6. The molecule has 2 aromatic carbocycles. The van der Waals surface area contributed by atoms with Gasteiger partial charge in [-0.2, -0.15) is 9.30 Å².